The summed E-state index contributed by atoms with van der Waals surface area (Å²) < 4.78 is 0. The molecule has 0 saturated heterocycles. The first kappa shape index (κ1) is 16.4. The summed E-state index contributed by atoms with van der Waals surface area (Å²) >= 11 is 2.96. The summed E-state index contributed by atoms with van der Waals surface area (Å²) in [5.74, 6) is -0.178. The maximum Gasteiger partial charge on any atom is 0.230 e. The van der Waals surface area contributed by atoms with Crippen molar-refractivity contribution in [1.29, 1.82) is 0 Å². The lowest BCUT2D eigenvalue weighted by molar-refractivity contribution is -0.116. The molecule has 0 bridgehead atoms. The van der Waals surface area contributed by atoms with Crippen LogP contribution < -0.4 is 10.6 Å². The van der Waals surface area contributed by atoms with Crippen molar-refractivity contribution in [1.82, 2.24) is 4.98 Å². The highest BCUT2D eigenvalue weighted by atomic mass is 32.1. The molecule has 0 fully saturated rings. The highest BCUT2D eigenvalue weighted by molar-refractivity contribution is 7.14. The van der Waals surface area contributed by atoms with Gasteiger partial charge in [-0.2, -0.15) is 11.3 Å². The van der Waals surface area contributed by atoms with E-state index in [0.29, 0.717) is 11.6 Å². The van der Waals surface area contributed by atoms with Crippen LogP contribution in [0.5, 0.6) is 0 Å². The summed E-state index contributed by atoms with van der Waals surface area (Å²) in [5, 5.41) is 11.9. The SMILES string of the molecule is CC(=O)Nc1ccc(-c2csc(NC(=O)Cc3ccsc3)n2)cc1. The van der Waals surface area contributed by atoms with Crippen molar-refractivity contribution in [2.45, 2.75) is 13.3 Å². The number of thiophene rings is 1. The van der Waals surface area contributed by atoms with Gasteiger partial charge in [0.25, 0.3) is 0 Å². The maximum atomic E-state index is 12.0. The molecule has 1 aromatic carbocycles. The van der Waals surface area contributed by atoms with Gasteiger partial charge in [0.2, 0.25) is 11.8 Å². The van der Waals surface area contributed by atoms with Gasteiger partial charge in [-0.05, 0) is 34.5 Å². The van der Waals surface area contributed by atoms with E-state index in [1.165, 1.54) is 18.3 Å². The Morgan fingerprint density at radius 3 is 2.54 bits per heavy atom. The second kappa shape index (κ2) is 7.37. The molecule has 7 heteroatoms. The molecule has 122 valence electrons. The monoisotopic (exact) mass is 357 g/mol. The van der Waals surface area contributed by atoms with Crippen LogP contribution in [0.15, 0.2) is 46.5 Å². The lowest BCUT2D eigenvalue weighted by atomic mass is 10.1. The molecule has 0 aliphatic rings. The second-order valence-electron chi connectivity index (χ2n) is 5.15. The van der Waals surface area contributed by atoms with Crippen LogP contribution >= 0.6 is 22.7 Å². The molecule has 3 aromatic rings. The third-order valence-corrected chi connectivity index (χ3v) is 4.69. The number of amides is 2. The van der Waals surface area contributed by atoms with Crippen LogP contribution in [0.2, 0.25) is 0 Å². The fraction of sp³-hybridized carbons (Fsp3) is 0.118. The highest BCUT2D eigenvalue weighted by Crippen LogP contribution is 2.26. The second-order valence-corrected chi connectivity index (χ2v) is 6.79. The number of nitrogens with one attached hydrogen (secondary N) is 2. The molecule has 0 radical (unpaired) electrons. The largest absolute Gasteiger partial charge is 0.326 e. The van der Waals surface area contributed by atoms with Crippen molar-refractivity contribution in [3.8, 4) is 11.3 Å². The van der Waals surface area contributed by atoms with E-state index in [4.69, 9.17) is 0 Å². The molecular formula is C17H15N3O2S2. The van der Waals surface area contributed by atoms with Crippen molar-refractivity contribution in [3.05, 3.63) is 52.0 Å². The molecule has 0 saturated carbocycles. The number of rotatable bonds is 5. The topological polar surface area (TPSA) is 71.1 Å². The zero-order valence-electron chi connectivity index (χ0n) is 12.9. The van der Waals surface area contributed by atoms with Crippen LogP contribution in [0.25, 0.3) is 11.3 Å². The molecule has 5 nitrogen and oxygen atoms in total. The fourth-order valence-corrected chi connectivity index (χ4v) is 3.54. The van der Waals surface area contributed by atoms with Crippen LogP contribution in [0.3, 0.4) is 0 Å². The van der Waals surface area contributed by atoms with E-state index >= 15 is 0 Å². The summed E-state index contributed by atoms with van der Waals surface area (Å²) in [6.07, 6.45) is 0.351. The Bertz CT molecular complexity index is 839. The number of anilines is 2. The van der Waals surface area contributed by atoms with Gasteiger partial charge in [-0.3, -0.25) is 9.59 Å². The zero-order chi connectivity index (χ0) is 16.9. The highest BCUT2D eigenvalue weighted by Gasteiger charge is 2.09. The minimum Gasteiger partial charge on any atom is -0.326 e. The Balaban J connectivity index is 1.64. The first-order chi connectivity index (χ1) is 11.6. The third-order valence-electron chi connectivity index (χ3n) is 3.20. The molecule has 0 atom stereocenters. The number of aromatic nitrogens is 1. The number of nitrogens with zero attached hydrogens (tertiary/aromatic N) is 1. The van der Waals surface area contributed by atoms with E-state index in [9.17, 15) is 9.59 Å². The summed E-state index contributed by atoms with van der Waals surface area (Å²) in [4.78, 5) is 27.5. The fourth-order valence-electron chi connectivity index (χ4n) is 2.13. The van der Waals surface area contributed by atoms with Gasteiger partial charge in [0.1, 0.15) is 0 Å². The number of benzene rings is 1. The van der Waals surface area contributed by atoms with Crippen LogP contribution in [0, 0.1) is 0 Å². The molecule has 24 heavy (non-hydrogen) atoms. The minimum atomic E-state index is -0.105. The molecule has 2 N–H and O–H groups in total. The zero-order valence-corrected chi connectivity index (χ0v) is 14.5. The average molecular weight is 357 g/mol. The summed E-state index contributed by atoms with van der Waals surface area (Å²) in [6.45, 7) is 1.47. The average Bonchev–Trinajstić information content (AvgIpc) is 3.19. The number of hydrogen-bond acceptors (Lipinski definition) is 5. The molecule has 3 rings (SSSR count). The van der Waals surface area contributed by atoms with E-state index in [1.807, 2.05) is 46.5 Å². The first-order valence-electron chi connectivity index (χ1n) is 7.24. The molecule has 2 heterocycles. The summed E-state index contributed by atoms with van der Waals surface area (Å²) in [7, 11) is 0. The Kier molecular flexibility index (Phi) is 5.02. The minimum absolute atomic E-state index is 0.0738. The molecular weight excluding hydrogens is 342 g/mol. The molecule has 0 aliphatic carbocycles. The van der Waals surface area contributed by atoms with Crippen LogP contribution in [0.4, 0.5) is 10.8 Å². The number of carbonyl (C=O) groups is 2. The quantitative estimate of drug-likeness (QED) is 0.725. The summed E-state index contributed by atoms with van der Waals surface area (Å²) in [6, 6.07) is 9.36. The lowest BCUT2D eigenvalue weighted by Crippen LogP contribution is -2.13. The van der Waals surface area contributed by atoms with E-state index in [-0.39, 0.29) is 11.8 Å². The van der Waals surface area contributed by atoms with Gasteiger partial charge in [0, 0.05) is 23.6 Å². The van der Waals surface area contributed by atoms with Crippen molar-refractivity contribution >= 4 is 45.3 Å². The molecule has 2 aromatic heterocycles. The van der Waals surface area contributed by atoms with Crippen molar-refractivity contribution in [2.24, 2.45) is 0 Å². The van der Waals surface area contributed by atoms with E-state index in [1.54, 1.807) is 11.3 Å². The van der Waals surface area contributed by atoms with Crippen LogP contribution in [0.1, 0.15) is 12.5 Å². The van der Waals surface area contributed by atoms with Gasteiger partial charge >= 0.3 is 0 Å². The van der Waals surface area contributed by atoms with Crippen LogP contribution in [-0.2, 0) is 16.0 Å². The Morgan fingerprint density at radius 1 is 1.08 bits per heavy atom. The number of thiazole rings is 1. The van der Waals surface area contributed by atoms with Gasteiger partial charge in [-0.15, -0.1) is 11.3 Å². The van der Waals surface area contributed by atoms with Crippen molar-refractivity contribution in [3.63, 3.8) is 0 Å². The molecule has 0 aliphatic heterocycles. The van der Waals surface area contributed by atoms with Crippen molar-refractivity contribution < 1.29 is 9.59 Å². The van der Waals surface area contributed by atoms with Crippen LogP contribution in [-0.4, -0.2) is 16.8 Å². The normalized spacial score (nSPS) is 10.4. The molecule has 0 spiro atoms. The van der Waals surface area contributed by atoms with Gasteiger partial charge in [-0.25, -0.2) is 4.98 Å². The predicted octanol–water partition coefficient (Wildman–Crippen LogP) is 4.01. The van der Waals surface area contributed by atoms with Gasteiger partial charge < -0.3 is 10.6 Å². The Hall–Kier alpha value is -2.51. The number of hydrogen-bond donors (Lipinski definition) is 2. The van der Waals surface area contributed by atoms with E-state index < -0.39 is 0 Å². The maximum absolute atomic E-state index is 12.0. The smallest absolute Gasteiger partial charge is 0.230 e. The Labute approximate surface area is 147 Å². The third kappa shape index (κ3) is 4.27. The molecule has 2 amide bonds. The number of carbonyl (C=O) groups excluding carboxylic acids is 2. The van der Waals surface area contributed by atoms with Gasteiger partial charge in [0.05, 0.1) is 12.1 Å². The first-order valence-corrected chi connectivity index (χ1v) is 9.07. The Morgan fingerprint density at radius 2 is 1.88 bits per heavy atom. The van der Waals surface area contributed by atoms with Gasteiger partial charge in [0.15, 0.2) is 5.13 Å². The lowest BCUT2D eigenvalue weighted by Gasteiger charge is -2.03. The van der Waals surface area contributed by atoms with E-state index in [0.717, 1.165) is 22.5 Å². The van der Waals surface area contributed by atoms with E-state index in [2.05, 4.69) is 15.6 Å². The van der Waals surface area contributed by atoms with Gasteiger partial charge in [-0.1, -0.05) is 12.1 Å². The van der Waals surface area contributed by atoms with Crippen molar-refractivity contribution in [2.75, 3.05) is 10.6 Å². The standard InChI is InChI=1S/C17H15N3O2S2/c1-11(21)18-14-4-2-13(3-5-14)15-10-24-17(19-15)20-16(22)8-12-6-7-23-9-12/h2-7,9-10H,8H2,1H3,(H,18,21)(H,19,20,22). The summed E-state index contributed by atoms with van der Waals surface area (Å²) in [5.41, 5.74) is 3.47. The molecule has 0 unspecified atom stereocenters. The predicted molar refractivity (Wildman–Crippen MR) is 98.5 cm³/mol.